The average molecular weight is 242 g/mol. The summed E-state index contributed by atoms with van der Waals surface area (Å²) in [7, 11) is 0. The third-order valence-electron chi connectivity index (χ3n) is 3.96. The summed E-state index contributed by atoms with van der Waals surface area (Å²) in [6.07, 6.45) is 4.72. The van der Waals surface area contributed by atoms with Crippen molar-refractivity contribution in [3.8, 4) is 0 Å². The van der Waals surface area contributed by atoms with Gasteiger partial charge in [-0.25, -0.2) is 0 Å². The summed E-state index contributed by atoms with van der Waals surface area (Å²) in [5.74, 6) is 0.604. The Morgan fingerprint density at radius 1 is 1.29 bits per heavy atom. The monoisotopic (exact) mass is 242 g/mol. The van der Waals surface area contributed by atoms with Gasteiger partial charge in [0.2, 0.25) is 0 Å². The van der Waals surface area contributed by atoms with Crippen LogP contribution in [0.4, 0.5) is 0 Å². The van der Waals surface area contributed by atoms with Crippen LogP contribution in [0.5, 0.6) is 0 Å². The predicted octanol–water partition coefficient (Wildman–Crippen LogP) is 1.86. The van der Waals surface area contributed by atoms with Gasteiger partial charge >= 0.3 is 0 Å². The first-order valence-electron chi connectivity index (χ1n) is 7.26. The zero-order valence-corrected chi connectivity index (χ0v) is 11.8. The molecule has 0 spiro atoms. The molecule has 3 nitrogen and oxygen atoms in total. The highest BCUT2D eigenvalue weighted by molar-refractivity contribution is 4.80. The zero-order valence-electron chi connectivity index (χ0n) is 11.8. The van der Waals surface area contributed by atoms with Gasteiger partial charge in [0, 0.05) is 18.7 Å². The number of hydrogen-bond donors (Lipinski definition) is 2. The molecule has 0 bridgehead atoms. The number of nitrogens with one attached hydrogen (secondary N) is 1. The minimum absolute atomic E-state index is 0.295. The van der Waals surface area contributed by atoms with E-state index in [1.54, 1.807) is 0 Å². The largest absolute Gasteiger partial charge is 0.396 e. The molecule has 1 rings (SSSR count). The van der Waals surface area contributed by atoms with Gasteiger partial charge in [0.1, 0.15) is 0 Å². The molecule has 2 N–H and O–H groups in total. The maximum atomic E-state index is 9.10. The van der Waals surface area contributed by atoms with Crippen LogP contribution >= 0.6 is 0 Å². The van der Waals surface area contributed by atoms with E-state index in [0.717, 1.165) is 6.42 Å². The summed E-state index contributed by atoms with van der Waals surface area (Å²) >= 11 is 0. The van der Waals surface area contributed by atoms with Crippen molar-refractivity contribution >= 4 is 0 Å². The molecule has 0 aromatic carbocycles. The molecule has 1 heterocycles. The molecule has 0 aromatic rings. The lowest BCUT2D eigenvalue weighted by molar-refractivity contribution is 0.229. The van der Waals surface area contributed by atoms with Crippen molar-refractivity contribution in [1.82, 2.24) is 10.2 Å². The summed E-state index contributed by atoms with van der Waals surface area (Å²) in [5.41, 5.74) is 0. The van der Waals surface area contributed by atoms with Gasteiger partial charge in [0.05, 0.1) is 0 Å². The van der Waals surface area contributed by atoms with Crippen LogP contribution in [-0.2, 0) is 0 Å². The molecule has 3 heteroatoms. The van der Waals surface area contributed by atoms with Crippen LogP contribution < -0.4 is 5.32 Å². The first kappa shape index (κ1) is 14.9. The van der Waals surface area contributed by atoms with Crippen molar-refractivity contribution in [3.05, 3.63) is 0 Å². The van der Waals surface area contributed by atoms with Crippen LogP contribution in [0.3, 0.4) is 0 Å². The Morgan fingerprint density at radius 3 is 2.65 bits per heavy atom. The molecule has 2 atom stereocenters. The van der Waals surface area contributed by atoms with Gasteiger partial charge in [0.25, 0.3) is 0 Å². The number of nitrogens with zero attached hydrogens (tertiary/aromatic N) is 1. The van der Waals surface area contributed by atoms with Gasteiger partial charge in [-0.15, -0.1) is 0 Å². The number of aliphatic hydroxyl groups is 1. The van der Waals surface area contributed by atoms with Crippen molar-refractivity contribution in [1.29, 1.82) is 0 Å². The minimum atomic E-state index is 0.295. The zero-order chi connectivity index (χ0) is 12.7. The molecule has 0 amide bonds. The third-order valence-corrected chi connectivity index (χ3v) is 3.96. The van der Waals surface area contributed by atoms with Crippen LogP contribution in [0.1, 0.15) is 46.5 Å². The standard InChI is InChI=1S/C14H30N2O/c1-4-16-9-5-6-13(7-10-16)15-14(8-11-17)12(2)3/h12-15,17H,4-11H2,1-3H3. The van der Waals surface area contributed by atoms with Crippen LogP contribution in [0.25, 0.3) is 0 Å². The second kappa shape index (κ2) is 8.06. The van der Waals surface area contributed by atoms with Gasteiger partial charge in [0.15, 0.2) is 0 Å². The predicted molar refractivity (Wildman–Crippen MR) is 73.2 cm³/mol. The lowest BCUT2D eigenvalue weighted by Gasteiger charge is -2.27. The van der Waals surface area contributed by atoms with E-state index >= 15 is 0 Å². The third kappa shape index (κ3) is 5.36. The molecule has 1 aliphatic heterocycles. The Hall–Kier alpha value is -0.120. The number of rotatable bonds is 6. The van der Waals surface area contributed by atoms with Gasteiger partial charge in [-0.2, -0.15) is 0 Å². The SMILES string of the molecule is CCN1CCCC(NC(CCO)C(C)C)CC1. The Bertz CT molecular complexity index is 197. The first-order valence-corrected chi connectivity index (χ1v) is 7.26. The van der Waals surface area contributed by atoms with Gasteiger partial charge in [-0.3, -0.25) is 0 Å². The summed E-state index contributed by atoms with van der Waals surface area (Å²) in [4.78, 5) is 2.54. The molecule has 0 aromatic heterocycles. The second-order valence-electron chi connectivity index (χ2n) is 5.59. The van der Waals surface area contributed by atoms with Crippen molar-refractivity contribution in [2.24, 2.45) is 5.92 Å². The molecule has 1 fully saturated rings. The smallest absolute Gasteiger partial charge is 0.0445 e. The summed E-state index contributed by atoms with van der Waals surface area (Å²) in [6.45, 7) is 10.7. The van der Waals surface area contributed by atoms with E-state index in [4.69, 9.17) is 5.11 Å². The maximum absolute atomic E-state index is 9.10. The Labute approximate surface area is 107 Å². The molecule has 2 unspecified atom stereocenters. The Kier molecular flexibility index (Phi) is 7.09. The molecule has 17 heavy (non-hydrogen) atoms. The quantitative estimate of drug-likeness (QED) is 0.746. The normalized spacial score (nSPS) is 24.9. The van der Waals surface area contributed by atoms with E-state index in [9.17, 15) is 0 Å². The van der Waals surface area contributed by atoms with Crippen LogP contribution in [0.15, 0.2) is 0 Å². The summed E-state index contributed by atoms with van der Waals surface area (Å²) in [6, 6.07) is 1.11. The minimum Gasteiger partial charge on any atom is -0.396 e. The molecule has 0 radical (unpaired) electrons. The topological polar surface area (TPSA) is 35.5 Å². The molecular formula is C14H30N2O. The number of likely N-dealkylation sites (tertiary alicyclic amines) is 1. The van der Waals surface area contributed by atoms with E-state index < -0.39 is 0 Å². The maximum Gasteiger partial charge on any atom is 0.0445 e. The fraction of sp³-hybridized carbons (Fsp3) is 1.00. The molecule has 0 saturated carbocycles. The van der Waals surface area contributed by atoms with E-state index in [0.29, 0.717) is 24.6 Å². The molecular weight excluding hydrogens is 212 g/mol. The highest BCUT2D eigenvalue weighted by Gasteiger charge is 2.20. The van der Waals surface area contributed by atoms with Gasteiger partial charge in [-0.1, -0.05) is 20.8 Å². The fourth-order valence-corrected chi connectivity index (χ4v) is 2.69. The highest BCUT2D eigenvalue weighted by atomic mass is 16.3. The van der Waals surface area contributed by atoms with E-state index in [1.165, 1.54) is 38.9 Å². The van der Waals surface area contributed by atoms with Crippen LogP contribution in [0, 0.1) is 5.92 Å². The molecule has 0 aliphatic carbocycles. The molecule has 102 valence electrons. The molecule has 1 saturated heterocycles. The summed E-state index contributed by atoms with van der Waals surface area (Å²) < 4.78 is 0. The van der Waals surface area contributed by atoms with E-state index in [-0.39, 0.29) is 0 Å². The summed E-state index contributed by atoms with van der Waals surface area (Å²) in [5, 5.41) is 12.9. The Morgan fingerprint density at radius 2 is 2.06 bits per heavy atom. The number of aliphatic hydroxyl groups excluding tert-OH is 1. The van der Waals surface area contributed by atoms with Crippen molar-refractivity contribution < 1.29 is 5.11 Å². The lowest BCUT2D eigenvalue weighted by atomic mass is 9.98. The van der Waals surface area contributed by atoms with Crippen LogP contribution in [0.2, 0.25) is 0 Å². The van der Waals surface area contributed by atoms with Crippen LogP contribution in [-0.4, -0.2) is 48.3 Å². The van der Waals surface area contributed by atoms with Crippen molar-refractivity contribution in [2.75, 3.05) is 26.2 Å². The second-order valence-corrected chi connectivity index (χ2v) is 5.59. The first-order chi connectivity index (χ1) is 8.17. The fourth-order valence-electron chi connectivity index (χ4n) is 2.69. The highest BCUT2D eigenvalue weighted by Crippen LogP contribution is 2.14. The van der Waals surface area contributed by atoms with E-state index in [2.05, 4.69) is 31.0 Å². The molecule has 1 aliphatic rings. The average Bonchev–Trinajstić information content (AvgIpc) is 2.53. The van der Waals surface area contributed by atoms with Gasteiger partial charge < -0.3 is 15.3 Å². The van der Waals surface area contributed by atoms with Gasteiger partial charge in [-0.05, 0) is 51.2 Å². The lowest BCUT2D eigenvalue weighted by Crippen LogP contribution is -2.42. The van der Waals surface area contributed by atoms with E-state index in [1.807, 2.05) is 0 Å². The van der Waals surface area contributed by atoms with Crippen molar-refractivity contribution in [3.63, 3.8) is 0 Å². The number of hydrogen-bond acceptors (Lipinski definition) is 3. The van der Waals surface area contributed by atoms with Crippen molar-refractivity contribution in [2.45, 2.75) is 58.5 Å². The Balaban J connectivity index is 2.38.